The van der Waals surface area contributed by atoms with Crippen LogP contribution in [0.5, 0.6) is 5.75 Å². The quantitative estimate of drug-likeness (QED) is 0.614. The van der Waals surface area contributed by atoms with Gasteiger partial charge in [-0.25, -0.2) is 9.18 Å². The zero-order valence-electron chi connectivity index (χ0n) is 16.6. The molecule has 1 unspecified atom stereocenters. The van der Waals surface area contributed by atoms with Gasteiger partial charge in [0.2, 0.25) is 0 Å². The molecule has 3 rings (SSSR count). The van der Waals surface area contributed by atoms with Gasteiger partial charge in [0.15, 0.2) is 5.82 Å². The minimum Gasteiger partial charge on any atom is -0.410 e. The van der Waals surface area contributed by atoms with Gasteiger partial charge in [0.25, 0.3) is 0 Å². The topological polar surface area (TPSA) is 102 Å². The summed E-state index contributed by atoms with van der Waals surface area (Å²) in [6.07, 6.45) is -0.753. The lowest BCUT2D eigenvalue weighted by atomic mass is 10.0. The molecule has 0 bridgehead atoms. The normalized spacial score (nSPS) is 12.1. The van der Waals surface area contributed by atoms with E-state index in [1.807, 2.05) is 13.8 Å². The zero-order chi connectivity index (χ0) is 21.8. The van der Waals surface area contributed by atoms with Crippen LogP contribution in [0, 0.1) is 5.82 Å². The summed E-state index contributed by atoms with van der Waals surface area (Å²) in [5.74, 6) is 0.247. The van der Waals surface area contributed by atoms with Crippen molar-refractivity contribution in [2.75, 3.05) is 6.61 Å². The summed E-state index contributed by atoms with van der Waals surface area (Å²) in [4.78, 5) is 12.1. The van der Waals surface area contributed by atoms with Crippen LogP contribution in [0.3, 0.4) is 0 Å². The maximum absolute atomic E-state index is 14.6. The van der Waals surface area contributed by atoms with Gasteiger partial charge in [0.1, 0.15) is 11.6 Å². The van der Waals surface area contributed by atoms with E-state index < -0.39 is 18.0 Å². The van der Waals surface area contributed by atoms with Crippen LogP contribution < -0.4 is 10.1 Å². The van der Waals surface area contributed by atoms with Gasteiger partial charge in [0.05, 0.1) is 18.3 Å². The molecule has 0 radical (unpaired) electrons. The molecule has 0 saturated carbocycles. The van der Waals surface area contributed by atoms with E-state index in [1.54, 1.807) is 25.1 Å². The Morgan fingerprint density at radius 2 is 2.03 bits per heavy atom. The van der Waals surface area contributed by atoms with Gasteiger partial charge >= 0.3 is 6.09 Å². The Labute approximate surface area is 177 Å². The van der Waals surface area contributed by atoms with Crippen LogP contribution in [0.4, 0.5) is 9.18 Å². The second-order valence-corrected chi connectivity index (χ2v) is 7.50. The second kappa shape index (κ2) is 9.19. The highest BCUT2D eigenvalue weighted by atomic mass is 35.5. The summed E-state index contributed by atoms with van der Waals surface area (Å²) in [6, 6.07) is 8.62. The number of carbonyl (C=O) groups excluding carboxylic acids is 1. The molecule has 1 amide bonds. The summed E-state index contributed by atoms with van der Waals surface area (Å²) in [5.41, 5.74) is 1.22. The Morgan fingerprint density at radius 1 is 1.27 bits per heavy atom. The Bertz CT molecular complexity index is 1060. The Morgan fingerprint density at radius 3 is 2.70 bits per heavy atom. The molecule has 1 aromatic heterocycles. The van der Waals surface area contributed by atoms with Gasteiger partial charge < -0.3 is 15.2 Å². The number of hydrogen-bond donors (Lipinski definition) is 2. The number of aromatic nitrogens is 4. The molecule has 0 fully saturated rings. The number of benzene rings is 2. The van der Waals surface area contributed by atoms with Crippen molar-refractivity contribution in [1.82, 2.24) is 25.5 Å². The fourth-order valence-electron chi connectivity index (χ4n) is 2.76. The predicted molar refractivity (Wildman–Crippen MR) is 109 cm³/mol. The highest BCUT2D eigenvalue weighted by Gasteiger charge is 2.17. The summed E-state index contributed by atoms with van der Waals surface area (Å²) < 4.78 is 21.4. The minimum absolute atomic E-state index is 0.0222. The number of halogens is 2. The summed E-state index contributed by atoms with van der Waals surface area (Å²) in [6.45, 7) is 5.26. The number of aliphatic hydroxyl groups excluding tert-OH is 1. The number of nitrogens with one attached hydrogen (secondary N) is 1. The fourth-order valence-corrected chi connectivity index (χ4v) is 2.92. The molecule has 0 aliphatic rings. The maximum Gasteiger partial charge on any atom is 0.412 e. The number of hydrogen-bond acceptors (Lipinski definition) is 6. The molecule has 0 aliphatic carbocycles. The molecule has 30 heavy (non-hydrogen) atoms. The molecular formula is C20H21ClFN5O3. The van der Waals surface area contributed by atoms with E-state index in [0.717, 1.165) is 0 Å². The molecule has 10 heteroatoms. The van der Waals surface area contributed by atoms with Crippen molar-refractivity contribution in [2.45, 2.75) is 32.7 Å². The van der Waals surface area contributed by atoms with Gasteiger partial charge in [-0.3, -0.25) is 0 Å². The van der Waals surface area contributed by atoms with Crippen LogP contribution in [0.25, 0.3) is 16.8 Å². The van der Waals surface area contributed by atoms with Gasteiger partial charge in [-0.2, -0.15) is 4.68 Å². The van der Waals surface area contributed by atoms with Gasteiger partial charge in [-0.05, 0) is 53.2 Å². The average molecular weight is 434 g/mol. The van der Waals surface area contributed by atoms with E-state index in [9.17, 15) is 9.18 Å². The van der Waals surface area contributed by atoms with Crippen LogP contribution in [-0.2, 0) is 0 Å². The number of rotatable bonds is 6. The monoisotopic (exact) mass is 433 g/mol. The smallest absolute Gasteiger partial charge is 0.410 e. The molecule has 2 aromatic carbocycles. The van der Waals surface area contributed by atoms with Crippen molar-refractivity contribution in [3.05, 3.63) is 53.1 Å². The highest BCUT2D eigenvalue weighted by Crippen LogP contribution is 2.31. The first-order valence-electron chi connectivity index (χ1n) is 9.27. The van der Waals surface area contributed by atoms with Crippen LogP contribution in [0.15, 0.2) is 36.4 Å². The Hall–Kier alpha value is -3.04. The molecule has 2 N–H and O–H groups in total. The summed E-state index contributed by atoms with van der Waals surface area (Å²) >= 11 is 5.87. The van der Waals surface area contributed by atoms with Gasteiger partial charge in [-0.1, -0.05) is 25.4 Å². The van der Waals surface area contributed by atoms with Crippen LogP contribution in [0.2, 0.25) is 5.02 Å². The first kappa shape index (κ1) is 21.7. The summed E-state index contributed by atoms with van der Waals surface area (Å²) in [7, 11) is 0. The van der Waals surface area contributed by atoms with Gasteiger partial charge in [-0.15, -0.1) is 5.10 Å². The van der Waals surface area contributed by atoms with Crippen molar-refractivity contribution in [3.63, 3.8) is 0 Å². The molecule has 3 aromatic rings. The van der Waals surface area contributed by atoms with Crippen molar-refractivity contribution in [3.8, 4) is 22.6 Å². The minimum atomic E-state index is -0.753. The lowest BCUT2D eigenvalue weighted by molar-refractivity contribution is 0.186. The molecule has 158 valence electrons. The molecule has 0 saturated heterocycles. The number of aliphatic hydroxyl groups is 1. The number of ether oxygens (including phenoxy) is 1. The largest absolute Gasteiger partial charge is 0.412 e. The van der Waals surface area contributed by atoms with Crippen molar-refractivity contribution in [1.29, 1.82) is 0 Å². The fraction of sp³-hybridized carbons (Fsp3) is 0.300. The SMILES string of the molecule is CC(CO)NC(=O)Oc1cc(-c2ccc(Cl)cc2F)cc(-n2nnnc2C(C)C)c1. The zero-order valence-corrected chi connectivity index (χ0v) is 17.4. The van der Waals surface area contributed by atoms with E-state index in [-0.39, 0.29) is 28.9 Å². The van der Waals surface area contributed by atoms with Crippen molar-refractivity contribution < 1.29 is 19.0 Å². The van der Waals surface area contributed by atoms with Crippen molar-refractivity contribution in [2.24, 2.45) is 0 Å². The second-order valence-electron chi connectivity index (χ2n) is 7.06. The van der Waals surface area contributed by atoms with E-state index in [2.05, 4.69) is 20.8 Å². The summed E-state index contributed by atoms with van der Waals surface area (Å²) in [5, 5.41) is 23.6. The first-order valence-corrected chi connectivity index (χ1v) is 9.64. The molecule has 1 heterocycles. The van der Waals surface area contributed by atoms with E-state index in [1.165, 1.54) is 22.9 Å². The maximum atomic E-state index is 14.6. The molecular weight excluding hydrogens is 413 g/mol. The lowest BCUT2D eigenvalue weighted by Gasteiger charge is -2.14. The number of carbonyl (C=O) groups is 1. The van der Waals surface area contributed by atoms with E-state index in [4.69, 9.17) is 21.4 Å². The highest BCUT2D eigenvalue weighted by molar-refractivity contribution is 6.30. The number of nitrogens with zero attached hydrogens (tertiary/aromatic N) is 4. The van der Waals surface area contributed by atoms with Crippen LogP contribution in [0.1, 0.15) is 32.5 Å². The first-order chi connectivity index (χ1) is 14.3. The van der Waals surface area contributed by atoms with Gasteiger partial charge in [0, 0.05) is 22.6 Å². The Balaban J connectivity index is 2.08. The molecule has 0 spiro atoms. The third-order valence-corrected chi connectivity index (χ3v) is 4.47. The van der Waals surface area contributed by atoms with Crippen molar-refractivity contribution >= 4 is 17.7 Å². The average Bonchev–Trinajstić information content (AvgIpc) is 3.17. The molecule has 1 atom stereocenters. The Kier molecular flexibility index (Phi) is 6.63. The predicted octanol–water partition coefficient (Wildman–Crippen LogP) is 3.71. The third kappa shape index (κ3) is 4.92. The van der Waals surface area contributed by atoms with Crippen LogP contribution >= 0.6 is 11.6 Å². The van der Waals surface area contributed by atoms with E-state index >= 15 is 0 Å². The van der Waals surface area contributed by atoms with E-state index in [0.29, 0.717) is 17.1 Å². The lowest BCUT2D eigenvalue weighted by Crippen LogP contribution is -2.37. The standard InChI is InChI=1S/C20H21ClFN5O3/c1-11(2)19-24-25-26-27(19)15-6-13(17-5-4-14(21)8-18(17)22)7-16(9-15)30-20(29)23-12(3)10-28/h4-9,11-12,28H,10H2,1-3H3,(H,23,29). The number of tetrazole rings is 1. The third-order valence-electron chi connectivity index (χ3n) is 4.24. The van der Waals surface area contributed by atoms with Crippen LogP contribution in [-0.4, -0.2) is 44.1 Å². The molecule has 8 nitrogen and oxygen atoms in total. The number of amides is 1. The molecule has 0 aliphatic heterocycles.